The predicted molar refractivity (Wildman–Crippen MR) is 95.9 cm³/mol. The number of fused-ring (bicyclic) bond motifs is 1. The summed E-state index contributed by atoms with van der Waals surface area (Å²) in [6.45, 7) is 5.52. The highest BCUT2D eigenvalue weighted by atomic mass is 79.9. The molecule has 5 heteroatoms. The van der Waals surface area contributed by atoms with Crippen molar-refractivity contribution in [3.05, 3.63) is 34.4 Å². The first kappa shape index (κ1) is 16.7. The van der Waals surface area contributed by atoms with Gasteiger partial charge < -0.3 is 14.6 Å². The Hall–Kier alpha value is -1.17. The molecule has 1 saturated heterocycles. The maximum absolute atomic E-state index is 11.9. The zero-order valence-electron chi connectivity index (χ0n) is 13.5. The van der Waals surface area contributed by atoms with Crippen molar-refractivity contribution in [2.24, 2.45) is 0 Å². The van der Waals surface area contributed by atoms with Gasteiger partial charge in [0, 0.05) is 41.3 Å². The zero-order valence-corrected chi connectivity index (χ0v) is 15.1. The van der Waals surface area contributed by atoms with E-state index >= 15 is 0 Å². The van der Waals surface area contributed by atoms with Gasteiger partial charge in [-0.1, -0.05) is 12.1 Å². The van der Waals surface area contributed by atoms with E-state index in [1.807, 2.05) is 24.4 Å². The number of hydrogen-bond acceptors (Lipinski definition) is 3. The summed E-state index contributed by atoms with van der Waals surface area (Å²) in [6, 6.07) is 6.01. The Bertz CT molecular complexity index is 702. The summed E-state index contributed by atoms with van der Waals surface area (Å²) in [6.07, 6.45) is 4.67. The molecule has 0 saturated carbocycles. The van der Waals surface area contributed by atoms with Gasteiger partial charge in [0.05, 0.1) is 11.6 Å². The molecule has 0 radical (unpaired) electrons. The number of nitrogens with zero attached hydrogens (tertiary/aromatic N) is 2. The van der Waals surface area contributed by atoms with Crippen LogP contribution in [0.2, 0.25) is 0 Å². The topological polar surface area (TPSA) is 45.5 Å². The largest absolute Gasteiger partial charge is 0.393 e. The van der Waals surface area contributed by atoms with E-state index in [0.29, 0.717) is 0 Å². The molecule has 3 rings (SSSR count). The molecular weight excluding hydrogens is 356 g/mol. The number of benzene rings is 1. The fourth-order valence-electron chi connectivity index (χ4n) is 3.38. The summed E-state index contributed by atoms with van der Waals surface area (Å²) in [4.78, 5) is 14.3. The van der Waals surface area contributed by atoms with Gasteiger partial charge in [0.15, 0.2) is 5.78 Å². The second-order valence-electron chi connectivity index (χ2n) is 6.35. The van der Waals surface area contributed by atoms with Crippen LogP contribution in [0.15, 0.2) is 28.9 Å². The number of carbonyl (C=O) groups excluding carboxylic acids is 1. The van der Waals surface area contributed by atoms with Crippen LogP contribution >= 0.6 is 15.9 Å². The van der Waals surface area contributed by atoms with Gasteiger partial charge in [-0.15, -0.1) is 0 Å². The second-order valence-corrected chi connectivity index (χ2v) is 7.21. The number of carbonyl (C=O) groups is 1. The first-order valence-electron chi connectivity index (χ1n) is 8.25. The number of rotatable bonds is 5. The Balaban J connectivity index is 1.71. The second kappa shape index (κ2) is 7.16. The average Bonchev–Trinajstić information content (AvgIpc) is 2.90. The molecule has 1 N–H and O–H groups in total. The monoisotopic (exact) mass is 378 g/mol. The number of Topliss-reactive ketones (excluding diaryl/α,β-unsaturated/α-hetero) is 1. The Kier molecular flexibility index (Phi) is 5.19. The highest BCUT2D eigenvalue weighted by molar-refractivity contribution is 9.10. The number of likely N-dealkylation sites (tertiary alicyclic amines) is 1. The number of hydrogen-bond donors (Lipinski definition) is 1. The van der Waals surface area contributed by atoms with Crippen LogP contribution in [0.4, 0.5) is 0 Å². The van der Waals surface area contributed by atoms with Gasteiger partial charge in [-0.05, 0) is 54.7 Å². The molecule has 0 spiro atoms. The minimum absolute atomic E-state index is 0.108. The Morgan fingerprint density at radius 3 is 2.74 bits per heavy atom. The lowest BCUT2D eigenvalue weighted by Gasteiger charge is -2.29. The van der Waals surface area contributed by atoms with Crippen LogP contribution in [0.3, 0.4) is 0 Å². The summed E-state index contributed by atoms with van der Waals surface area (Å²) in [5, 5.41) is 10.6. The molecule has 1 fully saturated rings. The smallest absolute Gasteiger partial charge is 0.161 e. The number of aliphatic hydroxyl groups excluding tert-OH is 1. The number of para-hydroxylation sites is 1. The molecule has 1 aromatic heterocycles. The number of aliphatic hydroxyl groups is 1. The molecule has 0 aliphatic carbocycles. The van der Waals surface area contributed by atoms with Crippen molar-refractivity contribution in [2.45, 2.75) is 38.8 Å². The fraction of sp³-hybridized carbons (Fsp3) is 0.500. The summed E-state index contributed by atoms with van der Waals surface area (Å²) in [5.41, 5.74) is 1.90. The van der Waals surface area contributed by atoms with Crippen LogP contribution in [0.1, 0.15) is 36.5 Å². The van der Waals surface area contributed by atoms with Gasteiger partial charge in [-0.25, -0.2) is 0 Å². The van der Waals surface area contributed by atoms with Gasteiger partial charge in [0.2, 0.25) is 0 Å². The molecule has 124 valence electrons. The molecule has 2 aromatic rings. The third kappa shape index (κ3) is 3.67. The van der Waals surface area contributed by atoms with Crippen LogP contribution in [0.25, 0.3) is 10.9 Å². The normalized spacial score (nSPS) is 17.0. The molecule has 23 heavy (non-hydrogen) atoms. The summed E-state index contributed by atoms with van der Waals surface area (Å²) in [7, 11) is 0. The van der Waals surface area contributed by atoms with Crippen LogP contribution in [0.5, 0.6) is 0 Å². The molecule has 0 amide bonds. The van der Waals surface area contributed by atoms with Gasteiger partial charge in [0.25, 0.3) is 0 Å². The first-order valence-corrected chi connectivity index (χ1v) is 9.04. The van der Waals surface area contributed by atoms with Crippen molar-refractivity contribution < 1.29 is 9.90 Å². The summed E-state index contributed by atoms with van der Waals surface area (Å²) in [5.74, 6) is 0.108. The standard InChI is InChI=1S/C18H23BrN2O2/c1-13(22)16-12-21(18-15(16)4-2-5-17(18)19)9-3-8-20-10-6-14(23)7-11-20/h2,4-5,12,14,23H,3,6-11H2,1H3. The quantitative estimate of drug-likeness (QED) is 0.810. The first-order chi connectivity index (χ1) is 11.1. The van der Waals surface area contributed by atoms with E-state index in [2.05, 4.69) is 25.4 Å². The average molecular weight is 379 g/mol. The van der Waals surface area contributed by atoms with E-state index in [1.165, 1.54) is 0 Å². The molecule has 1 aliphatic rings. The number of ketones is 1. The molecule has 1 aromatic carbocycles. The van der Waals surface area contributed by atoms with E-state index in [1.54, 1.807) is 6.92 Å². The molecule has 1 aliphatic heterocycles. The zero-order chi connectivity index (χ0) is 16.4. The molecular formula is C18H23BrN2O2. The van der Waals surface area contributed by atoms with E-state index in [9.17, 15) is 9.90 Å². The molecule has 4 nitrogen and oxygen atoms in total. The lowest BCUT2D eigenvalue weighted by molar-refractivity contribution is 0.0816. The summed E-state index contributed by atoms with van der Waals surface area (Å²) >= 11 is 3.61. The maximum atomic E-state index is 11.9. The van der Waals surface area contributed by atoms with Gasteiger partial charge in [-0.3, -0.25) is 4.79 Å². The van der Waals surface area contributed by atoms with Crippen LogP contribution in [-0.4, -0.2) is 46.1 Å². The summed E-state index contributed by atoms with van der Waals surface area (Å²) < 4.78 is 3.22. The van der Waals surface area contributed by atoms with Crippen molar-refractivity contribution in [1.29, 1.82) is 0 Å². The van der Waals surface area contributed by atoms with Crippen LogP contribution in [-0.2, 0) is 6.54 Å². The maximum Gasteiger partial charge on any atom is 0.161 e. The lowest BCUT2D eigenvalue weighted by atomic mass is 10.1. The van der Waals surface area contributed by atoms with Gasteiger partial charge in [0.1, 0.15) is 0 Å². The molecule has 0 atom stereocenters. The molecule has 0 unspecified atom stereocenters. The van der Waals surface area contributed by atoms with Crippen LogP contribution in [0, 0.1) is 0 Å². The lowest BCUT2D eigenvalue weighted by Crippen LogP contribution is -2.36. The number of aromatic nitrogens is 1. The van der Waals surface area contributed by atoms with E-state index in [4.69, 9.17) is 0 Å². The van der Waals surface area contributed by atoms with Gasteiger partial charge >= 0.3 is 0 Å². The van der Waals surface area contributed by atoms with Gasteiger partial charge in [-0.2, -0.15) is 0 Å². The highest BCUT2D eigenvalue weighted by Gasteiger charge is 2.17. The van der Waals surface area contributed by atoms with Crippen molar-refractivity contribution in [3.63, 3.8) is 0 Å². The van der Waals surface area contributed by atoms with E-state index < -0.39 is 0 Å². The van der Waals surface area contributed by atoms with Crippen LogP contribution < -0.4 is 0 Å². The number of halogens is 1. The minimum Gasteiger partial charge on any atom is -0.393 e. The SMILES string of the molecule is CC(=O)c1cn(CCCN2CCC(O)CC2)c2c(Br)cccc12. The van der Waals surface area contributed by atoms with Crippen molar-refractivity contribution in [3.8, 4) is 0 Å². The third-order valence-corrected chi connectivity index (χ3v) is 5.30. The Morgan fingerprint density at radius 2 is 2.04 bits per heavy atom. The number of piperidine rings is 1. The van der Waals surface area contributed by atoms with E-state index in [0.717, 1.165) is 66.4 Å². The number of aryl methyl sites for hydroxylation is 1. The van der Waals surface area contributed by atoms with E-state index in [-0.39, 0.29) is 11.9 Å². The molecule has 2 heterocycles. The third-order valence-electron chi connectivity index (χ3n) is 4.66. The molecule has 0 bridgehead atoms. The minimum atomic E-state index is -0.117. The van der Waals surface area contributed by atoms with Crippen molar-refractivity contribution in [1.82, 2.24) is 9.47 Å². The predicted octanol–water partition coefficient (Wildman–Crippen LogP) is 3.45. The fourth-order valence-corrected chi connectivity index (χ4v) is 3.97. The Morgan fingerprint density at radius 1 is 1.30 bits per heavy atom. The van der Waals surface area contributed by atoms with Crippen molar-refractivity contribution >= 4 is 32.6 Å². The Labute approximate surface area is 145 Å². The highest BCUT2D eigenvalue weighted by Crippen LogP contribution is 2.29. The van der Waals surface area contributed by atoms with Crippen molar-refractivity contribution in [2.75, 3.05) is 19.6 Å².